The molecule has 0 aliphatic rings. The van der Waals surface area contributed by atoms with Gasteiger partial charge in [0.2, 0.25) is 0 Å². The maximum atomic E-state index is 5.37. The first-order valence-corrected chi connectivity index (χ1v) is 9.68. The number of hydrogen-bond donors (Lipinski definition) is 0. The van der Waals surface area contributed by atoms with Gasteiger partial charge >= 0.3 is 0 Å². The quantitative estimate of drug-likeness (QED) is 0.396. The molecule has 0 saturated heterocycles. The second-order valence-electron chi connectivity index (χ2n) is 5.98. The van der Waals surface area contributed by atoms with Gasteiger partial charge in [0.1, 0.15) is 5.75 Å². The van der Waals surface area contributed by atoms with Crippen LogP contribution in [0.4, 0.5) is 0 Å². The fourth-order valence-corrected chi connectivity index (χ4v) is 4.66. The van der Waals surface area contributed by atoms with Gasteiger partial charge in [-0.05, 0) is 28.8 Å². The standard InChI is InChI=1S/C23H24O2S/c1-24-17-18-26-23(19-9-5-3-6-10-19,20-11-7-4-8-12-20)21-13-15-22(25-2)16-14-21/h3-16H,17-18H2,1-2H3. The Labute approximate surface area is 160 Å². The number of benzene rings is 3. The highest BCUT2D eigenvalue weighted by molar-refractivity contribution is 8.00. The molecule has 0 radical (unpaired) electrons. The smallest absolute Gasteiger partial charge is 0.118 e. The molecular formula is C23H24O2S. The van der Waals surface area contributed by atoms with Crippen molar-refractivity contribution < 1.29 is 9.47 Å². The van der Waals surface area contributed by atoms with E-state index in [9.17, 15) is 0 Å². The number of thioether (sulfide) groups is 1. The number of ether oxygens (including phenoxy) is 2. The molecule has 0 spiro atoms. The molecule has 3 aromatic carbocycles. The topological polar surface area (TPSA) is 18.5 Å². The second-order valence-corrected chi connectivity index (χ2v) is 7.29. The summed E-state index contributed by atoms with van der Waals surface area (Å²) in [7, 11) is 3.45. The molecule has 0 fully saturated rings. The molecule has 26 heavy (non-hydrogen) atoms. The number of rotatable bonds is 8. The molecule has 0 unspecified atom stereocenters. The summed E-state index contributed by atoms with van der Waals surface area (Å²) in [6.45, 7) is 0.711. The van der Waals surface area contributed by atoms with E-state index >= 15 is 0 Å². The Morgan fingerprint density at radius 3 is 1.65 bits per heavy atom. The van der Waals surface area contributed by atoms with E-state index in [0.29, 0.717) is 6.61 Å². The van der Waals surface area contributed by atoms with Crippen molar-refractivity contribution in [3.8, 4) is 5.75 Å². The van der Waals surface area contributed by atoms with Crippen LogP contribution in [0, 0.1) is 0 Å². The maximum Gasteiger partial charge on any atom is 0.118 e. The highest BCUT2D eigenvalue weighted by Gasteiger charge is 2.36. The summed E-state index contributed by atoms with van der Waals surface area (Å²) in [4.78, 5) is 0. The first-order valence-electron chi connectivity index (χ1n) is 8.69. The first-order chi connectivity index (χ1) is 12.8. The first kappa shape index (κ1) is 18.6. The summed E-state index contributed by atoms with van der Waals surface area (Å²) in [5.41, 5.74) is 3.76. The van der Waals surface area contributed by atoms with Gasteiger partial charge in [0.15, 0.2) is 0 Å². The zero-order valence-electron chi connectivity index (χ0n) is 15.2. The molecule has 0 aliphatic heterocycles. The summed E-state index contributed by atoms with van der Waals surface area (Å²) >= 11 is 1.90. The molecule has 3 heteroatoms. The Morgan fingerprint density at radius 1 is 0.692 bits per heavy atom. The van der Waals surface area contributed by atoms with E-state index in [2.05, 4.69) is 72.8 Å². The molecule has 3 aromatic rings. The predicted octanol–water partition coefficient (Wildman–Crippen LogP) is 5.37. The van der Waals surface area contributed by atoms with E-state index in [0.717, 1.165) is 11.5 Å². The Kier molecular flexibility index (Phi) is 6.37. The monoisotopic (exact) mass is 364 g/mol. The molecule has 0 amide bonds. The van der Waals surface area contributed by atoms with Crippen molar-refractivity contribution in [2.45, 2.75) is 4.75 Å². The van der Waals surface area contributed by atoms with E-state index in [1.165, 1.54) is 16.7 Å². The average Bonchev–Trinajstić information content (AvgIpc) is 2.73. The van der Waals surface area contributed by atoms with Crippen molar-refractivity contribution in [2.75, 3.05) is 26.6 Å². The van der Waals surface area contributed by atoms with Crippen molar-refractivity contribution in [1.29, 1.82) is 0 Å². The minimum absolute atomic E-state index is 0.298. The van der Waals surface area contributed by atoms with Crippen LogP contribution >= 0.6 is 11.8 Å². The van der Waals surface area contributed by atoms with Gasteiger partial charge in [0, 0.05) is 12.9 Å². The van der Waals surface area contributed by atoms with Gasteiger partial charge in [-0.15, -0.1) is 11.8 Å². The van der Waals surface area contributed by atoms with Crippen LogP contribution in [0.5, 0.6) is 5.75 Å². The Hall–Kier alpha value is -2.23. The lowest BCUT2D eigenvalue weighted by molar-refractivity contribution is 0.218. The number of methoxy groups -OCH3 is 2. The highest BCUT2D eigenvalue weighted by atomic mass is 32.2. The lowest BCUT2D eigenvalue weighted by Crippen LogP contribution is -2.26. The maximum absolute atomic E-state index is 5.37. The van der Waals surface area contributed by atoms with E-state index in [4.69, 9.17) is 9.47 Å². The Balaban J connectivity index is 2.19. The van der Waals surface area contributed by atoms with Crippen LogP contribution in [0.15, 0.2) is 84.9 Å². The Bertz CT molecular complexity index is 746. The van der Waals surface area contributed by atoms with Gasteiger partial charge < -0.3 is 9.47 Å². The zero-order valence-corrected chi connectivity index (χ0v) is 16.0. The van der Waals surface area contributed by atoms with E-state index in [-0.39, 0.29) is 4.75 Å². The highest BCUT2D eigenvalue weighted by Crippen LogP contribution is 2.48. The van der Waals surface area contributed by atoms with Crippen molar-refractivity contribution >= 4 is 11.8 Å². The third-order valence-electron chi connectivity index (χ3n) is 4.46. The molecular weight excluding hydrogens is 340 g/mol. The minimum Gasteiger partial charge on any atom is -0.497 e. The van der Waals surface area contributed by atoms with Crippen LogP contribution in [0.2, 0.25) is 0 Å². The van der Waals surface area contributed by atoms with Crippen LogP contribution in [0.1, 0.15) is 16.7 Å². The molecule has 0 N–H and O–H groups in total. The summed E-state index contributed by atoms with van der Waals surface area (Å²) in [5, 5.41) is 0. The van der Waals surface area contributed by atoms with Crippen LogP contribution in [0.25, 0.3) is 0 Å². The molecule has 0 saturated carbocycles. The normalized spacial score (nSPS) is 11.3. The number of hydrogen-bond acceptors (Lipinski definition) is 3. The molecule has 134 valence electrons. The summed E-state index contributed by atoms with van der Waals surface area (Å²) < 4.78 is 10.4. The van der Waals surface area contributed by atoms with Crippen LogP contribution in [-0.4, -0.2) is 26.6 Å². The lowest BCUT2D eigenvalue weighted by Gasteiger charge is -2.35. The third-order valence-corrected chi connectivity index (χ3v) is 5.97. The van der Waals surface area contributed by atoms with Crippen molar-refractivity contribution in [3.05, 3.63) is 102 Å². The van der Waals surface area contributed by atoms with Gasteiger partial charge in [-0.3, -0.25) is 0 Å². The largest absolute Gasteiger partial charge is 0.497 e. The van der Waals surface area contributed by atoms with Gasteiger partial charge in [0.05, 0.1) is 18.5 Å². The fourth-order valence-electron chi connectivity index (χ4n) is 3.20. The molecule has 0 bridgehead atoms. The van der Waals surface area contributed by atoms with Crippen LogP contribution < -0.4 is 4.74 Å². The summed E-state index contributed by atoms with van der Waals surface area (Å²) in [6.07, 6.45) is 0. The van der Waals surface area contributed by atoms with Crippen molar-refractivity contribution in [2.24, 2.45) is 0 Å². The Morgan fingerprint density at radius 2 is 1.19 bits per heavy atom. The molecule has 0 atom stereocenters. The average molecular weight is 365 g/mol. The molecule has 0 aromatic heterocycles. The molecule has 3 rings (SSSR count). The van der Waals surface area contributed by atoms with Crippen LogP contribution in [0.3, 0.4) is 0 Å². The third kappa shape index (κ3) is 3.79. The van der Waals surface area contributed by atoms with Gasteiger partial charge in [0.25, 0.3) is 0 Å². The van der Waals surface area contributed by atoms with Gasteiger partial charge in [-0.2, -0.15) is 0 Å². The zero-order chi connectivity index (χ0) is 18.2. The predicted molar refractivity (Wildman–Crippen MR) is 110 cm³/mol. The van der Waals surface area contributed by atoms with Crippen LogP contribution in [-0.2, 0) is 9.48 Å². The summed E-state index contributed by atoms with van der Waals surface area (Å²) in [5.74, 6) is 1.76. The van der Waals surface area contributed by atoms with Gasteiger partial charge in [-0.25, -0.2) is 0 Å². The van der Waals surface area contributed by atoms with E-state index < -0.39 is 0 Å². The SMILES string of the molecule is COCCSC(c1ccccc1)(c1ccccc1)c1ccc(OC)cc1. The fraction of sp³-hybridized carbons (Fsp3) is 0.217. The minimum atomic E-state index is -0.298. The lowest BCUT2D eigenvalue weighted by atomic mass is 9.84. The van der Waals surface area contributed by atoms with Crippen molar-refractivity contribution in [3.63, 3.8) is 0 Å². The van der Waals surface area contributed by atoms with E-state index in [1.807, 2.05) is 23.9 Å². The second kappa shape index (κ2) is 8.93. The molecule has 0 aliphatic carbocycles. The van der Waals surface area contributed by atoms with E-state index in [1.54, 1.807) is 14.2 Å². The summed E-state index contributed by atoms with van der Waals surface area (Å²) in [6, 6.07) is 29.8. The molecule has 0 heterocycles. The van der Waals surface area contributed by atoms with Crippen molar-refractivity contribution in [1.82, 2.24) is 0 Å². The molecule has 2 nitrogen and oxygen atoms in total. The van der Waals surface area contributed by atoms with Gasteiger partial charge in [-0.1, -0.05) is 72.8 Å².